The zero-order valence-electron chi connectivity index (χ0n) is 10.9. The van der Waals surface area contributed by atoms with Crippen LogP contribution in [-0.2, 0) is 16.0 Å². The van der Waals surface area contributed by atoms with Crippen LogP contribution in [0.4, 0.5) is 0 Å². The number of hydrogen-bond donors (Lipinski definition) is 3. The highest BCUT2D eigenvalue weighted by atomic mass is 16.4. The van der Waals surface area contributed by atoms with Crippen LogP contribution >= 0.6 is 0 Å². The van der Waals surface area contributed by atoms with Crippen molar-refractivity contribution >= 4 is 11.9 Å². The lowest BCUT2D eigenvalue weighted by Gasteiger charge is -2.20. The fraction of sp³-hybridized carbons (Fsp3) is 0.500. The molecule has 0 spiro atoms. The lowest BCUT2D eigenvalue weighted by Crippen LogP contribution is -2.36. The summed E-state index contributed by atoms with van der Waals surface area (Å²) in [5, 5.41) is 9.10. The van der Waals surface area contributed by atoms with Crippen LogP contribution in [0, 0.1) is 5.41 Å². The van der Waals surface area contributed by atoms with E-state index in [1.165, 1.54) is 4.90 Å². The first kappa shape index (κ1) is 14.0. The first-order chi connectivity index (χ1) is 9.30. The van der Waals surface area contributed by atoms with Crippen molar-refractivity contribution in [1.29, 1.82) is 0 Å². The Bertz CT molecular complexity index is 633. The monoisotopic (exact) mass is 281 g/mol. The maximum atomic E-state index is 12.0. The lowest BCUT2D eigenvalue weighted by molar-refractivity contribution is -0.147. The predicted octanol–water partition coefficient (Wildman–Crippen LogP) is -1.07. The Balaban J connectivity index is 2.08. The number of nitrogens with one attached hydrogen (secondary N) is 2. The second kappa shape index (κ2) is 4.95. The van der Waals surface area contributed by atoms with Gasteiger partial charge in [0.1, 0.15) is 0 Å². The second-order valence-electron chi connectivity index (χ2n) is 5.22. The third-order valence-corrected chi connectivity index (χ3v) is 3.50. The van der Waals surface area contributed by atoms with Gasteiger partial charge in [0.05, 0.1) is 11.8 Å². The van der Waals surface area contributed by atoms with Crippen molar-refractivity contribution in [2.45, 2.75) is 19.8 Å². The number of carbonyl (C=O) groups is 2. The lowest BCUT2D eigenvalue weighted by atomic mass is 9.90. The molecule has 2 rings (SSSR count). The Labute approximate surface area is 113 Å². The number of aliphatic carboxylic acids is 1. The summed E-state index contributed by atoms with van der Waals surface area (Å²) < 4.78 is 0. The average Bonchev–Trinajstić information content (AvgIpc) is 2.72. The van der Waals surface area contributed by atoms with Gasteiger partial charge in [-0.2, -0.15) is 0 Å². The molecule has 108 valence electrons. The number of carboxylic acid groups (broad SMARTS) is 1. The summed E-state index contributed by atoms with van der Waals surface area (Å²) in [6.45, 7) is 2.08. The molecule has 1 aromatic rings. The molecule has 1 unspecified atom stereocenters. The van der Waals surface area contributed by atoms with Gasteiger partial charge >= 0.3 is 11.7 Å². The highest BCUT2D eigenvalue weighted by molar-refractivity contribution is 5.81. The zero-order chi connectivity index (χ0) is 14.9. The van der Waals surface area contributed by atoms with Gasteiger partial charge in [0.2, 0.25) is 5.91 Å². The standard InChI is InChI=1S/C12H15N3O5/c1-12(10(18)19)2-3-15(6-12)9(17)5-7-4-8(16)14-11(20)13-7/h4H,2-3,5-6H2,1H3,(H,18,19)(H2,13,14,16,20). The zero-order valence-corrected chi connectivity index (χ0v) is 10.9. The van der Waals surface area contributed by atoms with Crippen LogP contribution in [0.1, 0.15) is 19.0 Å². The molecule has 20 heavy (non-hydrogen) atoms. The van der Waals surface area contributed by atoms with E-state index in [2.05, 4.69) is 4.98 Å². The molecule has 1 aliphatic rings. The summed E-state index contributed by atoms with van der Waals surface area (Å²) in [6.07, 6.45) is 0.259. The van der Waals surface area contributed by atoms with Crippen LogP contribution in [0.2, 0.25) is 0 Å². The van der Waals surface area contributed by atoms with Gasteiger partial charge in [-0.1, -0.05) is 0 Å². The number of nitrogens with zero attached hydrogens (tertiary/aromatic N) is 1. The van der Waals surface area contributed by atoms with E-state index < -0.39 is 22.6 Å². The Kier molecular flexibility index (Phi) is 3.47. The number of carboxylic acids is 1. The molecule has 1 amide bonds. The van der Waals surface area contributed by atoms with Crippen LogP contribution in [0.3, 0.4) is 0 Å². The molecule has 8 heteroatoms. The molecule has 1 aromatic heterocycles. The van der Waals surface area contributed by atoms with Crippen LogP contribution in [0.5, 0.6) is 0 Å². The van der Waals surface area contributed by atoms with Crippen LogP contribution in [0.15, 0.2) is 15.7 Å². The smallest absolute Gasteiger partial charge is 0.325 e. The fourth-order valence-electron chi connectivity index (χ4n) is 2.24. The quantitative estimate of drug-likeness (QED) is 0.651. The Morgan fingerprint density at radius 3 is 2.65 bits per heavy atom. The molecule has 0 aliphatic carbocycles. The molecule has 8 nitrogen and oxygen atoms in total. The van der Waals surface area contributed by atoms with Gasteiger partial charge in [-0.15, -0.1) is 0 Å². The van der Waals surface area contributed by atoms with Crippen molar-refractivity contribution in [2.24, 2.45) is 5.41 Å². The summed E-state index contributed by atoms with van der Waals surface area (Å²) in [4.78, 5) is 51.2. The first-order valence-electron chi connectivity index (χ1n) is 6.14. The van der Waals surface area contributed by atoms with E-state index in [0.29, 0.717) is 13.0 Å². The minimum absolute atomic E-state index is 0.130. The van der Waals surface area contributed by atoms with Gasteiger partial charge in [-0.05, 0) is 13.3 Å². The molecule has 0 aromatic carbocycles. The van der Waals surface area contributed by atoms with Gasteiger partial charge < -0.3 is 15.0 Å². The van der Waals surface area contributed by atoms with Crippen molar-refractivity contribution in [1.82, 2.24) is 14.9 Å². The van der Waals surface area contributed by atoms with Crippen LogP contribution in [0.25, 0.3) is 0 Å². The number of aromatic nitrogens is 2. The molecule has 0 radical (unpaired) electrons. The maximum Gasteiger partial charge on any atom is 0.325 e. The number of carbonyl (C=O) groups excluding carboxylic acids is 1. The maximum absolute atomic E-state index is 12.0. The van der Waals surface area contributed by atoms with Gasteiger partial charge in [-0.3, -0.25) is 19.4 Å². The van der Waals surface area contributed by atoms with Gasteiger partial charge in [0.15, 0.2) is 0 Å². The Hall–Kier alpha value is -2.38. The highest BCUT2D eigenvalue weighted by Crippen LogP contribution is 2.30. The molecule has 1 fully saturated rings. The van der Waals surface area contributed by atoms with Crippen molar-refractivity contribution in [2.75, 3.05) is 13.1 Å². The van der Waals surface area contributed by atoms with Gasteiger partial charge in [0.25, 0.3) is 5.56 Å². The van der Waals surface area contributed by atoms with E-state index in [-0.39, 0.29) is 24.6 Å². The Morgan fingerprint density at radius 1 is 1.40 bits per heavy atom. The van der Waals surface area contributed by atoms with E-state index in [9.17, 15) is 19.2 Å². The van der Waals surface area contributed by atoms with Crippen molar-refractivity contribution in [3.63, 3.8) is 0 Å². The van der Waals surface area contributed by atoms with Crippen LogP contribution < -0.4 is 11.2 Å². The summed E-state index contributed by atoms with van der Waals surface area (Å²) >= 11 is 0. The van der Waals surface area contributed by atoms with Crippen molar-refractivity contribution in [3.8, 4) is 0 Å². The summed E-state index contributed by atoms with van der Waals surface area (Å²) in [5.74, 6) is -1.24. The molecular weight excluding hydrogens is 266 g/mol. The SMILES string of the molecule is CC1(C(=O)O)CCN(C(=O)Cc2cc(=O)[nH]c(=O)[nH]2)C1. The van der Waals surface area contributed by atoms with Crippen LogP contribution in [-0.4, -0.2) is 44.9 Å². The summed E-state index contributed by atoms with van der Waals surface area (Å²) in [7, 11) is 0. The van der Waals surface area contributed by atoms with Gasteiger partial charge in [-0.25, -0.2) is 4.79 Å². The highest BCUT2D eigenvalue weighted by Gasteiger charge is 2.41. The number of likely N-dealkylation sites (tertiary alicyclic amines) is 1. The van der Waals surface area contributed by atoms with Crippen molar-refractivity contribution < 1.29 is 14.7 Å². The molecular formula is C12H15N3O5. The second-order valence-corrected chi connectivity index (χ2v) is 5.22. The number of amides is 1. The van der Waals surface area contributed by atoms with Gasteiger partial charge in [0, 0.05) is 24.8 Å². The summed E-state index contributed by atoms with van der Waals surface area (Å²) in [6, 6.07) is 1.14. The molecule has 3 N–H and O–H groups in total. The van der Waals surface area contributed by atoms with E-state index in [4.69, 9.17) is 5.11 Å². The number of aromatic amines is 2. The molecule has 2 heterocycles. The molecule has 1 saturated heterocycles. The topological polar surface area (TPSA) is 123 Å². The Morgan fingerprint density at radius 2 is 2.10 bits per heavy atom. The minimum atomic E-state index is -0.933. The molecule has 0 saturated carbocycles. The molecule has 0 bridgehead atoms. The number of H-pyrrole nitrogens is 2. The third kappa shape index (κ3) is 2.79. The summed E-state index contributed by atoms with van der Waals surface area (Å²) in [5.41, 5.74) is -1.96. The van der Waals surface area contributed by atoms with E-state index in [1.54, 1.807) is 6.92 Å². The normalized spacial score (nSPS) is 21.9. The predicted molar refractivity (Wildman–Crippen MR) is 68.3 cm³/mol. The van der Waals surface area contributed by atoms with Crippen molar-refractivity contribution in [3.05, 3.63) is 32.6 Å². The number of hydrogen-bond acceptors (Lipinski definition) is 4. The third-order valence-electron chi connectivity index (χ3n) is 3.50. The average molecular weight is 281 g/mol. The molecule has 1 aliphatic heterocycles. The van der Waals surface area contributed by atoms with E-state index in [1.807, 2.05) is 4.98 Å². The minimum Gasteiger partial charge on any atom is -0.481 e. The largest absolute Gasteiger partial charge is 0.481 e. The fourth-order valence-corrected chi connectivity index (χ4v) is 2.24. The van der Waals surface area contributed by atoms with E-state index in [0.717, 1.165) is 6.07 Å². The van der Waals surface area contributed by atoms with E-state index >= 15 is 0 Å². The molecule has 1 atom stereocenters. The first-order valence-corrected chi connectivity index (χ1v) is 6.14. The number of rotatable bonds is 3.